The molecule has 2 aromatic rings. The highest BCUT2D eigenvalue weighted by Gasteiger charge is 2.12. The topological polar surface area (TPSA) is 25.2 Å². The molecule has 0 fully saturated rings. The summed E-state index contributed by atoms with van der Waals surface area (Å²) in [6, 6.07) is 3.24. The fourth-order valence-corrected chi connectivity index (χ4v) is 1.94. The van der Waals surface area contributed by atoms with E-state index in [9.17, 15) is 9.50 Å². The van der Waals surface area contributed by atoms with E-state index >= 15 is 0 Å². The average molecular weight is 207 g/mol. The molecule has 0 saturated carbocycles. The lowest BCUT2D eigenvalue weighted by atomic mass is 10.1. The first-order valence-electron chi connectivity index (χ1n) is 4.94. The average Bonchev–Trinajstić information content (AvgIpc) is 2.42. The van der Waals surface area contributed by atoms with Crippen LogP contribution in [0.2, 0.25) is 0 Å². The number of hydrogen-bond donors (Lipinski definition) is 1. The first-order valence-corrected chi connectivity index (χ1v) is 4.94. The molecule has 80 valence electrons. The fourth-order valence-electron chi connectivity index (χ4n) is 1.94. The van der Waals surface area contributed by atoms with E-state index in [1.807, 2.05) is 26.2 Å². The van der Waals surface area contributed by atoms with Crippen LogP contribution in [0.15, 0.2) is 18.3 Å². The van der Waals surface area contributed by atoms with E-state index in [-0.39, 0.29) is 5.82 Å². The molecular weight excluding hydrogens is 193 g/mol. The summed E-state index contributed by atoms with van der Waals surface area (Å²) in [7, 11) is 1.82. The summed E-state index contributed by atoms with van der Waals surface area (Å²) in [4.78, 5) is 0. The lowest BCUT2D eigenvalue weighted by Gasteiger charge is -2.06. The van der Waals surface area contributed by atoms with Crippen molar-refractivity contribution >= 4 is 10.9 Å². The van der Waals surface area contributed by atoms with Gasteiger partial charge >= 0.3 is 0 Å². The zero-order chi connectivity index (χ0) is 11.2. The molecule has 1 aromatic heterocycles. The predicted octanol–water partition coefficient (Wildman–Crippen LogP) is 2.68. The number of aryl methyl sites for hydroxylation is 2. The maximum absolute atomic E-state index is 13.7. The predicted molar refractivity (Wildman–Crippen MR) is 58.2 cm³/mol. The second kappa shape index (κ2) is 3.35. The molecule has 1 N–H and O–H groups in total. The third kappa shape index (κ3) is 1.53. The number of hydrogen-bond acceptors (Lipinski definition) is 1. The van der Waals surface area contributed by atoms with E-state index in [0.29, 0.717) is 11.1 Å². The van der Waals surface area contributed by atoms with Crippen molar-refractivity contribution in [2.24, 2.45) is 7.05 Å². The van der Waals surface area contributed by atoms with Gasteiger partial charge in [-0.15, -0.1) is 0 Å². The Labute approximate surface area is 88.0 Å². The normalized spacial score (nSPS) is 13.4. The van der Waals surface area contributed by atoms with Gasteiger partial charge in [-0.05, 0) is 37.1 Å². The molecule has 0 bridgehead atoms. The van der Waals surface area contributed by atoms with Crippen molar-refractivity contribution in [3.63, 3.8) is 0 Å². The Morgan fingerprint density at radius 1 is 1.40 bits per heavy atom. The van der Waals surface area contributed by atoms with Gasteiger partial charge in [0.1, 0.15) is 5.82 Å². The van der Waals surface area contributed by atoms with Crippen LogP contribution >= 0.6 is 0 Å². The maximum Gasteiger partial charge on any atom is 0.147 e. The Morgan fingerprint density at radius 2 is 2.07 bits per heavy atom. The summed E-state index contributed by atoms with van der Waals surface area (Å²) in [6.45, 7) is 3.58. The quantitative estimate of drug-likeness (QED) is 0.764. The molecule has 0 aliphatic rings. The second-order valence-electron chi connectivity index (χ2n) is 4.00. The van der Waals surface area contributed by atoms with Crippen LogP contribution in [0.5, 0.6) is 0 Å². The van der Waals surface area contributed by atoms with Gasteiger partial charge in [0.05, 0.1) is 11.6 Å². The second-order valence-corrected chi connectivity index (χ2v) is 4.00. The Morgan fingerprint density at radius 3 is 2.67 bits per heavy atom. The molecule has 15 heavy (non-hydrogen) atoms. The lowest BCUT2D eigenvalue weighted by molar-refractivity contribution is 0.199. The number of benzene rings is 1. The summed E-state index contributed by atoms with van der Waals surface area (Å²) in [5.41, 5.74) is 2.24. The zero-order valence-electron chi connectivity index (χ0n) is 9.08. The van der Waals surface area contributed by atoms with Crippen LogP contribution in [-0.2, 0) is 7.05 Å². The minimum Gasteiger partial charge on any atom is -0.389 e. The molecule has 0 aliphatic carbocycles. The molecular formula is C12H14FNO. The molecule has 1 heterocycles. The van der Waals surface area contributed by atoms with Crippen LogP contribution in [0.4, 0.5) is 4.39 Å². The molecule has 1 atom stereocenters. The van der Waals surface area contributed by atoms with Crippen molar-refractivity contribution in [3.05, 3.63) is 35.3 Å². The van der Waals surface area contributed by atoms with Crippen LogP contribution < -0.4 is 0 Å². The van der Waals surface area contributed by atoms with Crippen LogP contribution in [0, 0.1) is 12.7 Å². The Balaban J connectivity index is 2.81. The van der Waals surface area contributed by atoms with Gasteiger partial charge in [-0.3, -0.25) is 0 Å². The highest BCUT2D eigenvalue weighted by molar-refractivity contribution is 5.85. The van der Waals surface area contributed by atoms with Crippen LogP contribution in [0.1, 0.15) is 24.2 Å². The Kier molecular flexibility index (Phi) is 2.27. The largest absolute Gasteiger partial charge is 0.389 e. The molecule has 2 nitrogen and oxygen atoms in total. The molecule has 0 saturated heterocycles. The van der Waals surface area contributed by atoms with Gasteiger partial charge in [0, 0.05) is 18.6 Å². The molecule has 0 spiro atoms. The third-order valence-electron chi connectivity index (χ3n) is 2.73. The van der Waals surface area contributed by atoms with Gasteiger partial charge in [0.2, 0.25) is 0 Å². The van der Waals surface area contributed by atoms with Gasteiger partial charge in [0.25, 0.3) is 0 Å². The number of rotatable bonds is 1. The summed E-state index contributed by atoms with van der Waals surface area (Å²) in [6.07, 6.45) is 1.25. The van der Waals surface area contributed by atoms with Gasteiger partial charge in [-0.25, -0.2) is 4.39 Å². The minimum atomic E-state index is -0.636. The van der Waals surface area contributed by atoms with Gasteiger partial charge < -0.3 is 9.67 Å². The van der Waals surface area contributed by atoms with Crippen molar-refractivity contribution in [1.82, 2.24) is 4.57 Å². The van der Waals surface area contributed by atoms with Crippen LogP contribution in [0.25, 0.3) is 10.9 Å². The van der Waals surface area contributed by atoms with Gasteiger partial charge in [0.15, 0.2) is 0 Å². The molecule has 2 rings (SSSR count). The van der Waals surface area contributed by atoms with Gasteiger partial charge in [-0.1, -0.05) is 0 Å². The van der Waals surface area contributed by atoms with Gasteiger partial charge in [-0.2, -0.15) is 0 Å². The standard InChI is InChI=1S/C12H14FNO/c1-7-6-14(3)12-10(7)4-9(8(2)15)5-11(12)13/h4-6,8,15H,1-3H3. The fraction of sp³-hybridized carbons (Fsp3) is 0.333. The number of nitrogens with zero attached hydrogens (tertiary/aromatic N) is 1. The smallest absolute Gasteiger partial charge is 0.147 e. The number of halogens is 1. The summed E-state index contributed by atoms with van der Waals surface area (Å²) >= 11 is 0. The van der Waals surface area contributed by atoms with Crippen molar-refractivity contribution in [2.75, 3.05) is 0 Å². The van der Waals surface area contributed by atoms with Crippen molar-refractivity contribution in [3.8, 4) is 0 Å². The van der Waals surface area contributed by atoms with E-state index in [4.69, 9.17) is 0 Å². The van der Waals surface area contributed by atoms with Crippen molar-refractivity contribution in [2.45, 2.75) is 20.0 Å². The third-order valence-corrected chi connectivity index (χ3v) is 2.73. The summed E-state index contributed by atoms with van der Waals surface area (Å²) < 4.78 is 15.5. The molecule has 0 amide bonds. The van der Waals surface area contributed by atoms with E-state index in [1.54, 1.807) is 11.5 Å². The van der Waals surface area contributed by atoms with E-state index in [0.717, 1.165) is 10.9 Å². The molecule has 3 heteroatoms. The van der Waals surface area contributed by atoms with E-state index < -0.39 is 6.10 Å². The van der Waals surface area contributed by atoms with Crippen LogP contribution in [-0.4, -0.2) is 9.67 Å². The SMILES string of the molecule is Cc1cn(C)c2c(F)cc(C(C)O)cc12. The minimum absolute atomic E-state index is 0.279. The number of aromatic nitrogens is 1. The molecule has 1 aromatic carbocycles. The van der Waals surface area contributed by atoms with Crippen molar-refractivity contribution in [1.29, 1.82) is 0 Å². The van der Waals surface area contributed by atoms with E-state index in [2.05, 4.69) is 0 Å². The Bertz CT molecular complexity index is 514. The lowest BCUT2D eigenvalue weighted by Crippen LogP contribution is -1.94. The summed E-state index contributed by atoms with van der Waals surface area (Å²) in [5.74, 6) is -0.279. The highest BCUT2D eigenvalue weighted by Crippen LogP contribution is 2.26. The zero-order valence-corrected chi connectivity index (χ0v) is 9.08. The summed E-state index contributed by atoms with van der Waals surface area (Å²) in [5, 5.41) is 10.3. The maximum atomic E-state index is 13.7. The van der Waals surface area contributed by atoms with E-state index in [1.165, 1.54) is 6.07 Å². The first kappa shape index (κ1) is 10.2. The number of fused-ring (bicyclic) bond motifs is 1. The van der Waals surface area contributed by atoms with Crippen LogP contribution in [0.3, 0.4) is 0 Å². The number of aliphatic hydroxyl groups is 1. The Hall–Kier alpha value is -1.35. The highest BCUT2D eigenvalue weighted by atomic mass is 19.1. The molecule has 0 aliphatic heterocycles. The first-order chi connectivity index (χ1) is 7.00. The van der Waals surface area contributed by atoms with Crippen molar-refractivity contribution < 1.29 is 9.50 Å². The monoisotopic (exact) mass is 207 g/mol. The number of aliphatic hydroxyl groups excluding tert-OH is 1. The molecule has 1 unspecified atom stereocenters. The molecule has 0 radical (unpaired) electrons.